The largest absolute Gasteiger partial charge is 0.240 e. The van der Waals surface area contributed by atoms with E-state index in [-0.39, 0.29) is 11.4 Å². The molecule has 0 aliphatic rings. The van der Waals surface area contributed by atoms with Crippen LogP contribution in [-0.4, -0.2) is 19.3 Å². The minimum Gasteiger partial charge on any atom is -0.211 e. The highest BCUT2D eigenvalue weighted by Gasteiger charge is 2.15. The van der Waals surface area contributed by atoms with Crippen molar-refractivity contribution in [2.75, 3.05) is 6.54 Å². The van der Waals surface area contributed by atoms with Gasteiger partial charge in [-0.2, -0.15) is 0 Å². The molecule has 2 aromatic rings. The molecule has 4 nitrogen and oxygen atoms in total. The van der Waals surface area contributed by atoms with E-state index in [1.807, 2.05) is 6.07 Å². The molecule has 0 saturated heterocycles. The minimum absolute atomic E-state index is 0.0469. The summed E-state index contributed by atoms with van der Waals surface area (Å²) in [5.74, 6) is -0.553. The van der Waals surface area contributed by atoms with Crippen molar-refractivity contribution in [3.8, 4) is 0 Å². The molecule has 0 spiro atoms. The van der Waals surface area contributed by atoms with E-state index < -0.39 is 15.8 Å². The molecular formula is C12H13FN2O2S2. The van der Waals surface area contributed by atoms with Crippen molar-refractivity contribution in [3.63, 3.8) is 0 Å². The quantitative estimate of drug-likeness (QED) is 0.920. The van der Waals surface area contributed by atoms with Crippen LogP contribution in [0, 0.1) is 12.7 Å². The lowest BCUT2D eigenvalue weighted by molar-refractivity contribution is 0.577. The van der Waals surface area contributed by atoms with Gasteiger partial charge in [-0.25, -0.2) is 21.9 Å². The van der Waals surface area contributed by atoms with Gasteiger partial charge in [-0.05, 0) is 54.7 Å². The third kappa shape index (κ3) is 3.82. The molecule has 1 N–H and O–H groups in total. The highest BCUT2D eigenvalue weighted by atomic mass is 32.2. The van der Waals surface area contributed by atoms with Crippen LogP contribution in [0.2, 0.25) is 0 Å². The van der Waals surface area contributed by atoms with Gasteiger partial charge in [0.1, 0.15) is 5.82 Å². The molecule has 2 rings (SSSR count). The molecule has 0 aliphatic carbocycles. The first-order valence-electron chi connectivity index (χ1n) is 5.64. The smallest absolute Gasteiger partial charge is 0.211 e. The fourth-order valence-electron chi connectivity index (χ4n) is 1.62. The van der Waals surface area contributed by atoms with Crippen LogP contribution in [0.3, 0.4) is 0 Å². The predicted molar refractivity (Wildman–Crippen MR) is 72.1 cm³/mol. The number of rotatable bonds is 5. The molecular weight excluding hydrogens is 287 g/mol. The van der Waals surface area contributed by atoms with Crippen molar-refractivity contribution >= 4 is 21.6 Å². The van der Waals surface area contributed by atoms with Gasteiger partial charge >= 0.3 is 0 Å². The van der Waals surface area contributed by atoms with Crippen LogP contribution >= 0.6 is 11.5 Å². The van der Waals surface area contributed by atoms with Gasteiger partial charge in [0.15, 0.2) is 0 Å². The maximum absolute atomic E-state index is 13.2. The lowest BCUT2D eigenvalue weighted by atomic mass is 10.2. The van der Waals surface area contributed by atoms with E-state index in [1.165, 1.54) is 23.7 Å². The van der Waals surface area contributed by atoms with E-state index in [0.717, 1.165) is 10.9 Å². The summed E-state index contributed by atoms with van der Waals surface area (Å²) < 4.78 is 43.5. The Morgan fingerprint density at radius 3 is 2.79 bits per heavy atom. The van der Waals surface area contributed by atoms with Gasteiger partial charge in [-0.15, -0.1) is 0 Å². The maximum atomic E-state index is 13.2. The number of nitrogens with zero attached hydrogens (tertiary/aromatic N) is 1. The molecule has 1 aromatic carbocycles. The lowest BCUT2D eigenvalue weighted by Gasteiger charge is -2.07. The Morgan fingerprint density at radius 1 is 1.37 bits per heavy atom. The van der Waals surface area contributed by atoms with Gasteiger partial charge in [0.05, 0.1) is 4.90 Å². The molecule has 7 heteroatoms. The van der Waals surface area contributed by atoms with E-state index in [1.54, 1.807) is 13.1 Å². The van der Waals surface area contributed by atoms with Crippen molar-refractivity contribution in [2.24, 2.45) is 0 Å². The molecule has 0 saturated carbocycles. The Balaban J connectivity index is 2.05. The van der Waals surface area contributed by atoms with Crippen LogP contribution in [0.1, 0.15) is 10.4 Å². The number of hydrogen-bond donors (Lipinski definition) is 1. The molecule has 0 atom stereocenters. The Bertz CT molecular complexity index is 634. The number of hydrogen-bond acceptors (Lipinski definition) is 4. The number of aryl methyl sites for hydroxylation is 1. The Hall–Kier alpha value is -1.31. The maximum Gasteiger partial charge on any atom is 0.240 e. The van der Waals surface area contributed by atoms with Crippen LogP contribution in [0.25, 0.3) is 0 Å². The normalized spacial score (nSPS) is 11.7. The monoisotopic (exact) mass is 300 g/mol. The van der Waals surface area contributed by atoms with Crippen molar-refractivity contribution in [1.29, 1.82) is 0 Å². The molecule has 0 radical (unpaired) electrons. The summed E-state index contributed by atoms with van der Waals surface area (Å²) in [5, 5.41) is 0. The summed E-state index contributed by atoms with van der Waals surface area (Å²) in [6.45, 7) is 1.92. The molecule has 1 heterocycles. The van der Waals surface area contributed by atoms with Crippen LogP contribution in [0.5, 0.6) is 0 Å². The van der Waals surface area contributed by atoms with Gasteiger partial charge in [-0.1, -0.05) is 0 Å². The van der Waals surface area contributed by atoms with E-state index in [2.05, 4.69) is 9.10 Å². The number of aromatic nitrogens is 1. The topological polar surface area (TPSA) is 59.1 Å². The van der Waals surface area contributed by atoms with Crippen molar-refractivity contribution in [3.05, 3.63) is 46.7 Å². The van der Waals surface area contributed by atoms with E-state index >= 15 is 0 Å². The van der Waals surface area contributed by atoms with Crippen molar-refractivity contribution in [1.82, 2.24) is 9.10 Å². The van der Waals surface area contributed by atoms with E-state index in [0.29, 0.717) is 12.0 Å². The summed E-state index contributed by atoms with van der Waals surface area (Å²) in [5.41, 5.74) is 0.572. The summed E-state index contributed by atoms with van der Waals surface area (Å²) in [4.78, 5) is 0.951. The fraction of sp³-hybridized carbons (Fsp3) is 0.250. The van der Waals surface area contributed by atoms with Crippen LogP contribution < -0.4 is 4.72 Å². The second kappa shape index (κ2) is 5.77. The van der Waals surface area contributed by atoms with Gasteiger partial charge in [-0.3, -0.25) is 0 Å². The summed E-state index contributed by atoms with van der Waals surface area (Å²) in [6.07, 6.45) is 2.24. The SMILES string of the molecule is Cc1cc(F)cc(S(=O)(=O)NCCc2ccns2)c1. The summed E-state index contributed by atoms with van der Waals surface area (Å²) in [6, 6.07) is 5.59. The Labute approximate surface area is 115 Å². The zero-order chi connectivity index (χ0) is 13.9. The third-order valence-corrected chi connectivity index (χ3v) is 4.72. The van der Waals surface area contributed by atoms with Gasteiger partial charge < -0.3 is 0 Å². The number of nitrogens with one attached hydrogen (secondary N) is 1. The van der Waals surface area contributed by atoms with Gasteiger partial charge in [0.2, 0.25) is 10.0 Å². The third-order valence-electron chi connectivity index (χ3n) is 2.48. The van der Waals surface area contributed by atoms with E-state index in [4.69, 9.17) is 0 Å². The zero-order valence-electron chi connectivity index (χ0n) is 10.3. The number of sulfonamides is 1. The fourth-order valence-corrected chi connectivity index (χ4v) is 3.34. The number of benzene rings is 1. The highest BCUT2D eigenvalue weighted by molar-refractivity contribution is 7.89. The van der Waals surface area contributed by atoms with Gasteiger partial charge in [0.25, 0.3) is 0 Å². The average Bonchev–Trinajstić information content (AvgIpc) is 2.80. The first kappa shape index (κ1) is 14.1. The summed E-state index contributed by atoms with van der Waals surface area (Å²) >= 11 is 1.33. The second-order valence-electron chi connectivity index (χ2n) is 4.09. The van der Waals surface area contributed by atoms with Crippen molar-refractivity contribution in [2.45, 2.75) is 18.2 Å². The molecule has 102 valence electrons. The van der Waals surface area contributed by atoms with E-state index in [9.17, 15) is 12.8 Å². The standard InChI is InChI=1S/C12H13FN2O2S2/c1-9-6-10(13)8-12(7-9)19(16,17)15-5-3-11-2-4-14-18-11/h2,4,6-8,15H,3,5H2,1H3. The molecule has 0 bridgehead atoms. The Morgan fingerprint density at radius 2 is 2.16 bits per heavy atom. The van der Waals surface area contributed by atoms with Crippen LogP contribution in [0.4, 0.5) is 4.39 Å². The molecule has 0 amide bonds. The first-order valence-corrected chi connectivity index (χ1v) is 7.89. The number of halogens is 1. The van der Waals surface area contributed by atoms with Crippen LogP contribution in [-0.2, 0) is 16.4 Å². The lowest BCUT2D eigenvalue weighted by Crippen LogP contribution is -2.26. The van der Waals surface area contributed by atoms with Gasteiger partial charge in [0, 0.05) is 17.6 Å². The van der Waals surface area contributed by atoms with Crippen molar-refractivity contribution < 1.29 is 12.8 Å². The average molecular weight is 300 g/mol. The summed E-state index contributed by atoms with van der Waals surface area (Å²) in [7, 11) is -3.66. The van der Waals surface area contributed by atoms with Crippen LogP contribution in [0.15, 0.2) is 35.4 Å². The first-order chi connectivity index (χ1) is 8.97. The molecule has 0 unspecified atom stereocenters. The second-order valence-corrected chi connectivity index (χ2v) is 6.78. The minimum atomic E-state index is -3.66. The highest BCUT2D eigenvalue weighted by Crippen LogP contribution is 2.14. The molecule has 1 aromatic heterocycles. The molecule has 0 aliphatic heterocycles. The Kier molecular flexibility index (Phi) is 4.28. The zero-order valence-corrected chi connectivity index (χ0v) is 11.9. The molecule has 0 fully saturated rings. The molecule has 19 heavy (non-hydrogen) atoms. The predicted octanol–water partition coefficient (Wildman–Crippen LogP) is 2.11.